The molecule has 1 aliphatic heterocycles. The van der Waals surface area contributed by atoms with Crippen LogP contribution in [0, 0.1) is 0 Å². The minimum atomic E-state index is -0.223. The number of anilines is 2. The number of piperazine rings is 1. The number of nitrogens with one attached hydrogen (secondary N) is 2. The molecule has 4 aromatic rings. The molecule has 9 nitrogen and oxygen atoms in total. The highest BCUT2D eigenvalue weighted by Gasteiger charge is 2.17. The van der Waals surface area contributed by atoms with Crippen molar-refractivity contribution < 1.29 is 14.2 Å². The molecule has 0 amide bonds. The first-order valence-corrected chi connectivity index (χ1v) is 12.6. The average Bonchev–Trinajstić information content (AvgIpc) is 2.96. The molecule has 2 heterocycles. The molecule has 38 heavy (non-hydrogen) atoms. The van der Waals surface area contributed by atoms with Crippen molar-refractivity contribution in [1.29, 1.82) is 0 Å². The quantitative estimate of drug-likeness (QED) is 0.364. The normalized spacial score (nSPS) is 13.9. The molecule has 0 bridgehead atoms. The standard InChI is InChI=1S/C29H33N5O4/c1-33-11-13-34(14-12-33)22-8-5-19(6-9-22)18-30-21-7-10-24-23(17-21)29(35)32-28(31-24)20-15-25(36-2)27(38-4)26(16-20)37-3/h5-10,15-17,30H,11-14,18H2,1-4H3,(H,31,32,35). The number of rotatable bonds is 8. The Bertz CT molecular complexity index is 1450. The minimum absolute atomic E-state index is 0.223. The Labute approximate surface area is 222 Å². The van der Waals surface area contributed by atoms with E-state index in [1.54, 1.807) is 33.5 Å². The van der Waals surface area contributed by atoms with E-state index >= 15 is 0 Å². The second-order valence-electron chi connectivity index (χ2n) is 9.37. The fourth-order valence-corrected chi connectivity index (χ4v) is 4.70. The van der Waals surface area contributed by atoms with Crippen LogP contribution in [0.2, 0.25) is 0 Å². The summed E-state index contributed by atoms with van der Waals surface area (Å²) in [6.07, 6.45) is 0. The van der Waals surface area contributed by atoms with E-state index in [0.717, 1.165) is 31.9 Å². The molecule has 198 valence electrons. The molecule has 1 aliphatic rings. The van der Waals surface area contributed by atoms with Crippen molar-refractivity contribution >= 4 is 22.3 Å². The van der Waals surface area contributed by atoms with Crippen LogP contribution in [0.15, 0.2) is 59.4 Å². The van der Waals surface area contributed by atoms with E-state index in [1.165, 1.54) is 11.3 Å². The van der Waals surface area contributed by atoms with E-state index in [9.17, 15) is 4.79 Å². The van der Waals surface area contributed by atoms with Gasteiger partial charge >= 0.3 is 0 Å². The molecule has 1 saturated heterocycles. The lowest BCUT2D eigenvalue weighted by molar-refractivity contribution is 0.313. The van der Waals surface area contributed by atoms with Gasteiger partial charge < -0.3 is 34.3 Å². The number of fused-ring (bicyclic) bond motifs is 1. The number of benzene rings is 3. The second-order valence-corrected chi connectivity index (χ2v) is 9.37. The van der Waals surface area contributed by atoms with E-state index in [4.69, 9.17) is 14.2 Å². The van der Waals surface area contributed by atoms with Crippen LogP contribution in [0.4, 0.5) is 11.4 Å². The minimum Gasteiger partial charge on any atom is -0.493 e. The Balaban J connectivity index is 1.33. The van der Waals surface area contributed by atoms with E-state index in [2.05, 4.69) is 56.4 Å². The van der Waals surface area contributed by atoms with Crippen molar-refractivity contribution in [3.8, 4) is 28.6 Å². The third-order valence-electron chi connectivity index (χ3n) is 6.94. The molecule has 0 aliphatic carbocycles. The van der Waals surface area contributed by atoms with Crippen LogP contribution in [0.5, 0.6) is 17.2 Å². The Morgan fingerprint density at radius 2 is 1.58 bits per heavy atom. The Morgan fingerprint density at radius 1 is 0.895 bits per heavy atom. The largest absolute Gasteiger partial charge is 0.493 e. The number of likely N-dealkylation sites (N-methyl/N-ethyl adjacent to an activating group) is 1. The third-order valence-corrected chi connectivity index (χ3v) is 6.94. The van der Waals surface area contributed by atoms with Gasteiger partial charge in [0, 0.05) is 49.7 Å². The van der Waals surface area contributed by atoms with Gasteiger partial charge in [-0.1, -0.05) is 12.1 Å². The number of nitrogens with zero attached hydrogens (tertiary/aromatic N) is 3. The molecule has 5 rings (SSSR count). The van der Waals surface area contributed by atoms with Gasteiger partial charge in [0.1, 0.15) is 5.82 Å². The smallest absolute Gasteiger partial charge is 0.259 e. The zero-order valence-electron chi connectivity index (χ0n) is 22.2. The number of aromatic nitrogens is 2. The van der Waals surface area contributed by atoms with Gasteiger partial charge in [-0.3, -0.25) is 4.79 Å². The first kappa shape index (κ1) is 25.4. The van der Waals surface area contributed by atoms with Gasteiger partial charge in [-0.25, -0.2) is 4.98 Å². The maximum absolute atomic E-state index is 13.0. The number of aromatic amines is 1. The first-order valence-electron chi connectivity index (χ1n) is 12.6. The molecule has 1 fully saturated rings. The molecule has 0 atom stereocenters. The van der Waals surface area contributed by atoms with Gasteiger partial charge in [0.2, 0.25) is 5.75 Å². The summed E-state index contributed by atoms with van der Waals surface area (Å²) in [6.45, 7) is 4.93. The maximum atomic E-state index is 13.0. The van der Waals surface area contributed by atoms with Crippen LogP contribution in [0.1, 0.15) is 5.56 Å². The lowest BCUT2D eigenvalue weighted by atomic mass is 10.1. The first-order chi connectivity index (χ1) is 18.5. The van der Waals surface area contributed by atoms with Crippen molar-refractivity contribution in [1.82, 2.24) is 14.9 Å². The average molecular weight is 516 g/mol. The van der Waals surface area contributed by atoms with Crippen molar-refractivity contribution in [2.75, 3.05) is 64.8 Å². The van der Waals surface area contributed by atoms with Crippen LogP contribution < -0.4 is 30.0 Å². The number of H-pyrrole nitrogens is 1. The molecule has 9 heteroatoms. The van der Waals surface area contributed by atoms with Gasteiger partial charge in [0.25, 0.3) is 5.56 Å². The number of hydrogen-bond acceptors (Lipinski definition) is 8. The summed E-state index contributed by atoms with van der Waals surface area (Å²) in [4.78, 5) is 25.4. The predicted octanol–water partition coefficient (Wildman–Crippen LogP) is 3.98. The summed E-state index contributed by atoms with van der Waals surface area (Å²) in [7, 11) is 6.81. The Hall–Kier alpha value is -4.24. The molecule has 1 aromatic heterocycles. The second kappa shape index (κ2) is 11.0. The van der Waals surface area contributed by atoms with Gasteiger partial charge in [-0.05, 0) is 55.1 Å². The summed E-state index contributed by atoms with van der Waals surface area (Å²) in [6, 6.07) is 17.8. The fourth-order valence-electron chi connectivity index (χ4n) is 4.70. The summed E-state index contributed by atoms with van der Waals surface area (Å²) >= 11 is 0. The van der Waals surface area contributed by atoms with E-state index in [1.807, 2.05) is 18.2 Å². The van der Waals surface area contributed by atoms with Crippen LogP contribution in [0.3, 0.4) is 0 Å². The van der Waals surface area contributed by atoms with Gasteiger partial charge in [-0.2, -0.15) is 0 Å². The van der Waals surface area contributed by atoms with Crippen LogP contribution in [-0.4, -0.2) is 69.4 Å². The Kier molecular flexibility index (Phi) is 7.37. The Morgan fingerprint density at radius 3 is 2.21 bits per heavy atom. The van der Waals surface area contributed by atoms with Crippen LogP contribution in [-0.2, 0) is 6.54 Å². The maximum Gasteiger partial charge on any atom is 0.259 e. The third kappa shape index (κ3) is 5.24. The summed E-state index contributed by atoms with van der Waals surface area (Å²) in [5.41, 5.74) is 4.31. The lowest BCUT2D eigenvalue weighted by Gasteiger charge is -2.34. The molecular weight excluding hydrogens is 482 g/mol. The molecule has 2 N–H and O–H groups in total. The highest BCUT2D eigenvalue weighted by atomic mass is 16.5. The molecule has 0 unspecified atom stereocenters. The zero-order valence-corrected chi connectivity index (χ0v) is 22.2. The number of ether oxygens (including phenoxy) is 3. The van der Waals surface area contributed by atoms with Crippen molar-refractivity contribution in [2.45, 2.75) is 6.54 Å². The monoisotopic (exact) mass is 515 g/mol. The summed E-state index contributed by atoms with van der Waals surface area (Å²) < 4.78 is 16.3. The van der Waals surface area contributed by atoms with Gasteiger partial charge in [0.15, 0.2) is 11.5 Å². The highest BCUT2D eigenvalue weighted by Crippen LogP contribution is 2.40. The predicted molar refractivity (Wildman–Crippen MR) is 151 cm³/mol. The van der Waals surface area contributed by atoms with Crippen LogP contribution in [0.25, 0.3) is 22.3 Å². The lowest BCUT2D eigenvalue weighted by Crippen LogP contribution is -2.44. The summed E-state index contributed by atoms with van der Waals surface area (Å²) in [5, 5.41) is 3.94. The van der Waals surface area contributed by atoms with E-state index < -0.39 is 0 Å². The molecule has 3 aromatic carbocycles. The molecular formula is C29H33N5O4. The van der Waals surface area contributed by atoms with E-state index in [-0.39, 0.29) is 5.56 Å². The molecule has 0 saturated carbocycles. The van der Waals surface area contributed by atoms with Crippen molar-refractivity contribution in [3.63, 3.8) is 0 Å². The number of hydrogen-bond donors (Lipinski definition) is 2. The molecule has 0 radical (unpaired) electrons. The molecule has 0 spiro atoms. The van der Waals surface area contributed by atoms with Gasteiger partial charge in [-0.15, -0.1) is 0 Å². The van der Waals surface area contributed by atoms with E-state index in [0.29, 0.717) is 46.1 Å². The summed E-state index contributed by atoms with van der Waals surface area (Å²) in [5.74, 6) is 1.87. The van der Waals surface area contributed by atoms with Crippen molar-refractivity contribution in [3.05, 3.63) is 70.5 Å². The van der Waals surface area contributed by atoms with Gasteiger partial charge in [0.05, 0.1) is 32.2 Å². The topological polar surface area (TPSA) is 92.0 Å². The fraction of sp³-hybridized carbons (Fsp3) is 0.310. The SMILES string of the molecule is COc1cc(-c2nc3ccc(NCc4ccc(N5CCN(C)CC5)cc4)cc3c(=O)[nH]2)cc(OC)c1OC. The van der Waals surface area contributed by atoms with Crippen molar-refractivity contribution in [2.24, 2.45) is 0 Å². The zero-order chi connectivity index (χ0) is 26.6. The number of methoxy groups -OCH3 is 3. The highest BCUT2D eigenvalue weighted by molar-refractivity contribution is 5.83. The van der Waals surface area contributed by atoms with Crippen LogP contribution >= 0.6 is 0 Å².